The summed E-state index contributed by atoms with van der Waals surface area (Å²) in [4.78, 5) is 41.5. The Balaban J connectivity index is 1.63. The molecule has 33 heavy (non-hydrogen) atoms. The van der Waals surface area contributed by atoms with Crippen LogP contribution in [0.1, 0.15) is 43.7 Å². The normalized spacial score (nSPS) is 14.4. The molecule has 1 heterocycles. The zero-order valence-corrected chi connectivity index (χ0v) is 19.6. The van der Waals surface area contributed by atoms with Crippen molar-refractivity contribution in [1.29, 1.82) is 0 Å². The number of aromatic nitrogens is 2. The molecule has 1 N–H and O–H groups in total. The number of rotatable bonds is 6. The maximum atomic E-state index is 13.4. The first-order valence-corrected chi connectivity index (χ1v) is 12.1. The molecule has 4 rings (SSSR count). The molecule has 1 aliphatic carbocycles. The molecule has 0 atom stereocenters. The predicted molar refractivity (Wildman–Crippen MR) is 130 cm³/mol. The molecule has 3 aromatic rings. The van der Waals surface area contributed by atoms with Crippen LogP contribution in [0.25, 0.3) is 10.9 Å². The number of hydrogen-bond donors (Lipinski definition) is 1. The van der Waals surface area contributed by atoms with E-state index in [-0.39, 0.29) is 28.7 Å². The van der Waals surface area contributed by atoms with Crippen LogP contribution in [0.3, 0.4) is 0 Å². The van der Waals surface area contributed by atoms with E-state index in [0.717, 1.165) is 43.9 Å². The number of amides is 1. The van der Waals surface area contributed by atoms with Crippen molar-refractivity contribution < 1.29 is 9.72 Å². The van der Waals surface area contributed by atoms with Gasteiger partial charge < -0.3 is 5.32 Å². The molecular formula is C23H23ClN4O4S. The fraction of sp³-hybridized carbons (Fsp3) is 0.348. The highest BCUT2D eigenvalue weighted by atomic mass is 35.5. The predicted octanol–water partition coefficient (Wildman–Crippen LogP) is 5.50. The van der Waals surface area contributed by atoms with E-state index in [2.05, 4.69) is 10.3 Å². The van der Waals surface area contributed by atoms with E-state index in [1.165, 1.54) is 6.07 Å². The van der Waals surface area contributed by atoms with E-state index in [4.69, 9.17) is 11.6 Å². The Labute approximate surface area is 199 Å². The number of nitrogens with zero attached hydrogens (tertiary/aromatic N) is 3. The van der Waals surface area contributed by atoms with Gasteiger partial charge in [0.05, 0.1) is 21.6 Å². The number of thioether (sulfide) groups is 1. The zero-order valence-electron chi connectivity index (χ0n) is 18.0. The van der Waals surface area contributed by atoms with E-state index in [1.807, 2.05) is 0 Å². The smallest absolute Gasteiger partial charge is 0.293 e. The topological polar surface area (TPSA) is 107 Å². The van der Waals surface area contributed by atoms with E-state index < -0.39 is 10.8 Å². The van der Waals surface area contributed by atoms with Crippen molar-refractivity contribution >= 4 is 51.5 Å². The molecule has 0 aliphatic heterocycles. The Morgan fingerprint density at radius 2 is 2.03 bits per heavy atom. The molecule has 1 saturated carbocycles. The molecule has 1 aliphatic rings. The number of nitro benzene ring substituents is 1. The minimum Gasteiger partial charge on any atom is -0.319 e. The van der Waals surface area contributed by atoms with Crippen molar-refractivity contribution in [3.05, 3.63) is 67.5 Å². The molecule has 1 aromatic heterocycles. The number of carbonyl (C=O) groups excluding carboxylic acids is 1. The first-order chi connectivity index (χ1) is 15.8. The van der Waals surface area contributed by atoms with E-state index in [9.17, 15) is 19.7 Å². The number of benzene rings is 2. The lowest BCUT2D eigenvalue weighted by Crippen LogP contribution is -2.29. The molecule has 10 heteroatoms. The third kappa shape index (κ3) is 5.04. The van der Waals surface area contributed by atoms with Gasteiger partial charge in [-0.2, -0.15) is 0 Å². The number of nitrogens with one attached hydrogen (secondary N) is 1. The van der Waals surface area contributed by atoms with Crippen LogP contribution in [-0.2, 0) is 4.79 Å². The molecule has 0 bridgehead atoms. The second-order valence-corrected chi connectivity index (χ2v) is 9.46. The molecule has 2 aromatic carbocycles. The molecule has 0 saturated heterocycles. The lowest BCUT2D eigenvalue weighted by molar-refractivity contribution is -0.384. The standard InChI is InChI=1S/C23H23ClN4O4S/c1-14-6-5-9-19(28(31)32)21(14)26-20(29)13-33-23-25-18-12-15(24)10-11-17(18)22(30)27(23)16-7-3-2-4-8-16/h5-6,9-12,16H,2-4,7-8,13H2,1H3,(H,26,29). The Hall–Kier alpha value is -2.91. The van der Waals surface area contributed by atoms with Gasteiger partial charge in [0.25, 0.3) is 11.2 Å². The number of para-hydroxylation sites is 1. The number of anilines is 1. The van der Waals surface area contributed by atoms with Gasteiger partial charge in [0.2, 0.25) is 5.91 Å². The Morgan fingerprint density at radius 3 is 2.76 bits per heavy atom. The van der Waals surface area contributed by atoms with Crippen LogP contribution in [-0.4, -0.2) is 26.1 Å². The highest BCUT2D eigenvalue weighted by Gasteiger charge is 2.23. The average molecular weight is 487 g/mol. The van der Waals surface area contributed by atoms with Crippen molar-refractivity contribution in [2.45, 2.75) is 50.2 Å². The summed E-state index contributed by atoms with van der Waals surface area (Å²) in [6.07, 6.45) is 4.99. The Bertz CT molecular complexity index is 1290. The summed E-state index contributed by atoms with van der Waals surface area (Å²) < 4.78 is 1.71. The van der Waals surface area contributed by atoms with Gasteiger partial charge in [-0.25, -0.2) is 4.98 Å². The Kier molecular flexibility index (Phi) is 6.99. The van der Waals surface area contributed by atoms with E-state index in [0.29, 0.717) is 26.6 Å². The van der Waals surface area contributed by atoms with Crippen LogP contribution in [0.5, 0.6) is 0 Å². The SMILES string of the molecule is Cc1cccc([N+](=O)[O-])c1NC(=O)CSc1nc2cc(Cl)ccc2c(=O)n1C1CCCCC1. The Morgan fingerprint density at radius 1 is 1.27 bits per heavy atom. The summed E-state index contributed by atoms with van der Waals surface area (Å²) in [7, 11) is 0. The summed E-state index contributed by atoms with van der Waals surface area (Å²) in [6, 6.07) is 9.66. The van der Waals surface area contributed by atoms with Crippen molar-refractivity contribution in [3.8, 4) is 0 Å². The van der Waals surface area contributed by atoms with Gasteiger partial charge in [0.1, 0.15) is 5.69 Å². The maximum absolute atomic E-state index is 13.4. The number of hydrogen-bond acceptors (Lipinski definition) is 6. The quantitative estimate of drug-likeness (QED) is 0.213. The molecule has 0 radical (unpaired) electrons. The highest BCUT2D eigenvalue weighted by Crippen LogP contribution is 2.32. The largest absolute Gasteiger partial charge is 0.319 e. The first kappa shape index (κ1) is 23.3. The molecule has 172 valence electrons. The van der Waals surface area contributed by atoms with Crippen molar-refractivity contribution in [2.75, 3.05) is 11.1 Å². The molecule has 1 fully saturated rings. The molecule has 8 nitrogen and oxygen atoms in total. The molecule has 0 spiro atoms. The molecule has 1 amide bonds. The van der Waals surface area contributed by atoms with Crippen LogP contribution in [0.4, 0.5) is 11.4 Å². The van der Waals surface area contributed by atoms with E-state index >= 15 is 0 Å². The summed E-state index contributed by atoms with van der Waals surface area (Å²) in [6.45, 7) is 1.70. The zero-order chi connectivity index (χ0) is 23.5. The number of nitro groups is 1. The summed E-state index contributed by atoms with van der Waals surface area (Å²) in [5.74, 6) is -0.454. The average Bonchev–Trinajstić information content (AvgIpc) is 2.79. The van der Waals surface area contributed by atoms with Crippen molar-refractivity contribution in [1.82, 2.24) is 9.55 Å². The van der Waals surface area contributed by atoms with Gasteiger partial charge in [0.15, 0.2) is 5.16 Å². The van der Waals surface area contributed by atoms with Crippen LogP contribution in [0, 0.1) is 17.0 Å². The number of halogens is 1. The fourth-order valence-electron chi connectivity index (χ4n) is 4.19. The number of carbonyl (C=O) groups is 1. The lowest BCUT2D eigenvalue weighted by Gasteiger charge is -2.26. The van der Waals surface area contributed by atoms with Crippen LogP contribution < -0.4 is 10.9 Å². The van der Waals surface area contributed by atoms with Gasteiger partial charge in [-0.1, -0.05) is 54.8 Å². The van der Waals surface area contributed by atoms with Gasteiger partial charge in [0, 0.05) is 17.1 Å². The highest BCUT2D eigenvalue weighted by molar-refractivity contribution is 7.99. The van der Waals surface area contributed by atoms with Crippen LogP contribution in [0.2, 0.25) is 5.02 Å². The third-order valence-corrected chi connectivity index (χ3v) is 7.00. The second-order valence-electron chi connectivity index (χ2n) is 8.09. The van der Waals surface area contributed by atoms with Gasteiger partial charge in [-0.15, -0.1) is 0 Å². The van der Waals surface area contributed by atoms with Crippen LogP contribution >= 0.6 is 23.4 Å². The van der Waals surface area contributed by atoms with Crippen LogP contribution in [0.15, 0.2) is 46.3 Å². The number of aryl methyl sites for hydroxylation is 1. The van der Waals surface area contributed by atoms with Gasteiger partial charge in [-0.3, -0.25) is 24.3 Å². The first-order valence-electron chi connectivity index (χ1n) is 10.7. The third-order valence-electron chi connectivity index (χ3n) is 5.82. The van der Waals surface area contributed by atoms with Crippen molar-refractivity contribution in [3.63, 3.8) is 0 Å². The van der Waals surface area contributed by atoms with Gasteiger partial charge >= 0.3 is 0 Å². The minimum atomic E-state index is -0.523. The summed E-state index contributed by atoms with van der Waals surface area (Å²) in [5, 5.41) is 15.4. The van der Waals surface area contributed by atoms with Gasteiger partial charge in [-0.05, 0) is 43.5 Å². The molecule has 0 unspecified atom stereocenters. The van der Waals surface area contributed by atoms with E-state index in [1.54, 1.807) is 41.8 Å². The monoisotopic (exact) mass is 486 g/mol. The maximum Gasteiger partial charge on any atom is 0.293 e. The minimum absolute atomic E-state index is 0.0295. The fourth-order valence-corrected chi connectivity index (χ4v) is 5.22. The van der Waals surface area contributed by atoms with Crippen molar-refractivity contribution in [2.24, 2.45) is 0 Å². The second kappa shape index (κ2) is 9.93. The summed E-state index contributed by atoms with van der Waals surface area (Å²) >= 11 is 7.26. The number of fused-ring (bicyclic) bond motifs is 1. The molecular weight excluding hydrogens is 464 g/mol. The lowest BCUT2D eigenvalue weighted by atomic mass is 9.95. The summed E-state index contributed by atoms with van der Waals surface area (Å²) in [5.41, 5.74) is 0.958.